The molecule has 0 bridgehead atoms. The van der Waals surface area contributed by atoms with E-state index in [1.165, 1.54) is 24.3 Å². The van der Waals surface area contributed by atoms with Gasteiger partial charge in [-0.15, -0.1) is 0 Å². The Kier molecular flexibility index (Phi) is 11.4. The molecular weight excluding hydrogens is 1050 g/mol. The fourth-order valence-electron chi connectivity index (χ4n) is 11.4. The first-order valence-electron chi connectivity index (χ1n) is 25.0. The molecule has 0 spiro atoms. The van der Waals surface area contributed by atoms with Gasteiger partial charge in [-0.2, -0.15) is 52.7 Å². The summed E-state index contributed by atoms with van der Waals surface area (Å²) in [5, 5.41) is 2.42. The van der Waals surface area contributed by atoms with Crippen molar-refractivity contribution in [2.24, 2.45) is 0 Å². The number of nitrogens with zero attached hydrogens (tertiary/aromatic N) is 2. The van der Waals surface area contributed by atoms with Gasteiger partial charge < -0.3 is 9.13 Å². The van der Waals surface area contributed by atoms with E-state index in [4.69, 9.17) is 0 Å². The van der Waals surface area contributed by atoms with Gasteiger partial charge in [-0.3, -0.25) is 0 Å². The molecule has 2 aromatic heterocycles. The third-order valence-corrected chi connectivity index (χ3v) is 15.0. The van der Waals surface area contributed by atoms with Gasteiger partial charge in [0.1, 0.15) is 0 Å². The maximum Gasteiger partial charge on any atom is 0.416 e. The summed E-state index contributed by atoms with van der Waals surface area (Å²) < 4.78 is 175. The molecule has 2 heterocycles. The molecule has 80 heavy (non-hydrogen) atoms. The average molecular weight is 1090 g/mol. The summed E-state index contributed by atoms with van der Waals surface area (Å²) >= 11 is 0. The number of fused-ring (bicyclic) bond motifs is 8. The number of alkyl halides is 12. The zero-order valence-corrected chi connectivity index (χ0v) is 41.2. The molecular formula is C66H36F12N2. The molecule has 13 aromatic rings. The Labute approximate surface area is 446 Å². The standard InChI is InChI=1S/C66H36F12N2/c67-63(68,69)43-17-25-57-51(31-43)52-32-44(64(70,71)72)18-26-58(52)79(57)47-22-24-50-55(35-47)61(41-15-7-13-39(29-41)37-9-3-1-4-10-37)49-23-21-48(36-56(49)62(50)42-16-8-14-40(30-42)38-11-5-2-6-12-38)80-59-27-19-45(65(73,74)75)33-53(59)54-34-46(66(76,77)78)20-28-60(54)80/h1-36H. The molecule has 0 aliphatic rings. The lowest BCUT2D eigenvalue weighted by atomic mass is 9.84. The SMILES string of the molecule is FC(F)(F)c1ccc2c(c1)c1cc(C(F)(F)F)ccc1n2-c1ccc2c(-c3cccc(-c4ccccc4)c3)c3cc(-n4c5ccc(C(F)(F)F)cc5c5cc(C(F)(F)F)ccc54)ccc3c(-c3cccc(-c4ccccc4)c3)c2c1. The minimum Gasteiger partial charge on any atom is -0.309 e. The number of hydrogen-bond donors (Lipinski definition) is 0. The van der Waals surface area contributed by atoms with E-state index in [1.807, 2.05) is 133 Å². The van der Waals surface area contributed by atoms with E-state index in [2.05, 4.69) is 0 Å². The first-order chi connectivity index (χ1) is 38.2. The Morgan fingerprint density at radius 3 is 0.800 bits per heavy atom. The zero-order chi connectivity index (χ0) is 55.6. The van der Waals surface area contributed by atoms with Crippen LogP contribution in [0.25, 0.3) is 121 Å². The molecule has 11 aromatic carbocycles. The topological polar surface area (TPSA) is 9.86 Å². The van der Waals surface area contributed by atoms with E-state index in [0.29, 0.717) is 44.0 Å². The molecule has 0 atom stereocenters. The van der Waals surface area contributed by atoms with Crippen LogP contribution in [0.2, 0.25) is 0 Å². The second kappa shape index (κ2) is 18.1. The minimum atomic E-state index is -4.81. The lowest BCUT2D eigenvalue weighted by Crippen LogP contribution is -2.04. The third kappa shape index (κ3) is 8.48. The second-order valence-corrected chi connectivity index (χ2v) is 19.7. The van der Waals surface area contributed by atoms with Crippen LogP contribution in [-0.4, -0.2) is 9.13 Å². The third-order valence-electron chi connectivity index (χ3n) is 15.0. The highest BCUT2D eigenvalue weighted by atomic mass is 19.4. The van der Waals surface area contributed by atoms with Crippen molar-refractivity contribution in [3.8, 4) is 55.9 Å². The van der Waals surface area contributed by atoms with Crippen LogP contribution < -0.4 is 0 Å². The molecule has 0 radical (unpaired) electrons. The van der Waals surface area contributed by atoms with E-state index in [1.54, 1.807) is 21.3 Å². The molecule has 0 N–H and O–H groups in total. The fraction of sp³-hybridized carbons (Fsp3) is 0.0606. The van der Waals surface area contributed by atoms with Crippen LogP contribution in [0.3, 0.4) is 0 Å². The van der Waals surface area contributed by atoms with E-state index in [-0.39, 0.29) is 43.6 Å². The van der Waals surface area contributed by atoms with E-state index >= 15 is 0 Å². The predicted octanol–water partition coefficient (Wildman–Crippen LogP) is 20.9. The molecule has 0 fully saturated rings. The van der Waals surface area contributed by atoms with Crippen LogP contribution in [0.15, 0.2) is 218 Å². The van der Waals surface area contributed by atoms with Gasteiger partial charge in [-0.25, -0.2) is 0 Å². The van der Waals surface area contributed by atoms with Crippen LogP contribution in [0.4, 0.5) is 52.7 Å². The van der Waals surface area contributed by atoms with Crippen LogP contribution in [0.1, 0.15) is 22.3 Å². The van der Waals surface area contributed by atoms with Crippen molar-refractivity contribution >= 4 is 65.2 Å². The van der Waals surface area contributed by atoms with Gasteiger partial charge >= 0.3 is 24.7 Å². The van der Waals surface area contributed by atoms with Gasteiger partial charge in [0.15, 0.2) is 0 Å². The summed E-state index contributed by atoms with van der Waals surface area (Å²) in [4.78, 5) is 0. The van der Waals surface area contributed by atoms with Crippen LogP contribution in [0.5, 0.6) is 0 Å². The molecule has 0 unspecified atom stereocenters. The van der Waals surface area contributed by atoms with Crippen molar-refractivity contribution in [1.82, 2.24) is 9.13 Å². The molecule has 14 heteroatoms. The van der Waals surface area contributed by atoms with Gasteiger partial charge in [0.25, 0.3) is 0 Å². The van der Waals surface area contributed by atoms with Crippen molar-refractivity contribution in [1.29, 1.82) is 0 Å². The number of halogens is 12. The van der Waals surface area contributed by atoms with Gasteiger partial charge in [0, 0.05) is 32.9 Å². The molecule has 0 saturated carbocycles. The normalized spacial score (nSPS) is 12.8. The zero-order valence-electron chi connectivity index (χ0n) is 41.2. The number of rotatable bonds is 6. The van der Waals surface area contributed by atoms with Gasteiger partial charge in [-0.05, 0) is 175 Å². The first-order valence-corrected chi connectivity index (χ1v) is 25.0. The van der Waals surface area contributed by atoms with Gasteiger partial charge in [-0.1, -0.05) is 109 Å². The summed E-state index contributed by atoms with van der Waals surface area (Å²) in [7, 11) is 0. The molecule has 2 nitrogen and oxygen atoms in total. The van der Waals surface area contributed by atoms with Crippen molar-refractivity contribution in [3.63, 3.8) is 0 Å². The lowest BCUT2D eigenvalue weighted by Gasteiger charge is -2.21. The Morgan fingerprint density at radius 1 is 0.212 bits per heavy atom. The predicted molar refractivity (Wildman–Crippen MR) is 292 cm³/mol. The fourth-order valence-corrected chi connectivity index (χ4v) is 11.4. The monoisotopic (exact) mass is 1080 g/mol. The largest absolute Gasteiger partial charge is 0.416 e. The molecule has 0 aliphatic carbocycles. The highest BCUT2D eigenvalue weighted by molar-refractivity contribution is 6.23. The van der Waals surface area contributed by atoms with E-state index in [9.17, 15) is 52.7 Å². The Balaban J connectivity index is 1.16. The average Bonchev–Trinajstić information content (AvgIpc) is 4.07. The lowest BCUT2D eigenvalue weighted by molar-refractivity contribution is -0.138. The summed E-state index contributed by atoms with van der Waals surface area (Å²) in [6.45, 7) is 0. The summed E-state index contributed by atoms with van der Waals surface area (Å²) in [5.41, 5.74) is 3.86. The first kappa shape index (κ1) is 50.2. The van der Waals surface area contributed by atoms with E-state index < -0.39 is 47.0 Å². The molecule has 0 saturated heterocycles. The molecule has 394 valence electrons. The second-order valence-electron chi connectivity index (χ2n) is 19.7. The summed E-state index contributed by atoms with van der Waals surface area (Å²) in [5.74, 6) is 0. The highest BCUT2D eigenvalue weighted by Gasteiger charge is 2.36. The Bertz CT molecular complexity index is 4200. The summed E-state index contributed by atoms with van der Waals surface area (Å²) in [6.07, 6.45) is -19.2. The van der Waals surface area contributed by atoms with Crippen molar-refractivity contribution < 1.29 is 52.7 Å². The Morgan fingerprint density at radius 2 is 0.500 bits per heavy atom. The minimum absolute atomic E-state index is 0.0458. The van der Waals surface area contributed by atoms with Crippen molar-refractivity contribution in [2.75, 3.05) is 0 Å². The van der Waals surface area contributed by atoms with Crippen LogP contribution in [-0.2, 0) is 24.7 Å². The van der Waals surface area contributed by atoms with E-state index in [0.717, 1.165) is 81.9 Å². The quantitative estimate of drug-likeness (QED) is 0.116. The number of hydrogen-bond acceptors (Lipinski definition) is 0. The maximum atomic E-state index is 14.3. The summed E-state index contributed by atoms with van der Waals surface area (Å²) in [6, 6.07) is 57.9. The molecule has 0 amide bonds. The smallest absolute Gasteiger partial charge is 0.309 e. The van der Waals surface area contributed by atoms with Gasteiger partial charge in [0.05, 0.1) is 44.3 Å². The number of aromatic nitrogens is 2. The van der Waals surface area contributed by atoms with Crippen LogP contribution >= 0.6 is 0 Å². The van der Waals surface area contributed by atoms with Crippen molar-refractivity contribution in [3.05, 3.63) is 241 Å². The molecule has 13 rings (SSSR count). The highest BCUT2D eigenvalue weighted by Crippen LogP contribution is 2.49. The molecule has 0 aliphatic heterocycles. The number of benzene rings is 11. The van der Waals surface area contributed by atoms with Crippen LogP contribution in [0, 0.1) is 0 Å². The van der Waals surface area contributed by atoms with Gasteiger partial charge in [0.2, 0.25) is 0 Å². The Hall–Kier alpha value is -9.30. The van der Waals surface area contributed by atoms with Crippen molar-refractivity contribution in [2.45, 2.75) is 24.7 Å². The maximum absolute atomic E-state index is 14.3.